The number of rotatable bonds is 3. The molecule has 1 rings (SSSR count). The van der Waals surface area contributed by atoms with E-state index in [2.05, 4.69) is 26.8 Å². The Morgan fingerprint density at radius 3 is 2.53 bits per heavy atom. The number of methoxy groups -OCH3 is 1. The molecule has 1 aromatic rings. The first-order valence-corrected chi connectivity index (χ1v) is 5.71. The molecule has 0 saturated carbocycles. The minimum Gasteiger partial charge on any atom is -0.496 e. The number of nitriles is 1. The monoisotopic (exact) mass is 232 g/mol. The van der Waals surface area contributed by atoms with E-state index < -0.39 is 0 Å². The molecule has 0 aliphatic carbocycles. The van der Waals surface area contributed by atoms with Crippen LogP contribution in [-0.2, 0) is 5.41 Å². The van der Waals surface area contributed by atoms with E-state index in [1.54, 1.807) is 7.11 Å². The van der Waals surface area contributed by atoms with Crippen molar-refractivity contribution in [2.24, 2.45) is 5.73 Å². The molecular weight excluding hydrogens is 212 g/mol. The van der Waals surface area contributed by atoms with E-state index in [4.69, 9.17) is 15.7 Å². The van der Waals surface area contributed by atoms with Gasteiger partial charge in [-0.2, -0.15) is 5.26 Å². The van der Waals surface area contributed by atoms with Crippen LogP contribution in [0.1, 0.15) is 44.4 Å². The Balaban J connectivity index is 3.21. The van der Waals surface area contributed by atoms with Crippen molar-refractivity contribution in [3.8, 4) is 11.8 Å². The van der Waals surface area contributed by atoms with Crippen LogP contribution >= 0.6 is 0 Å². The number of hydrogen-bond acceptors (Lipinski definition) is 3. The first-order chi connectivity index (χ1) is 7.90. The largest absolute Gasteiger partial charge is 0.496 e. The first-order valence-electron chi connectivity index (χ1n) is 5.71. The quantitative estimate of drug-likeness (QED) is 0.871. The average Bonchev–Trinajstić information content (AvgIpc) is 2.27. The second-order valence-corrected chi connectivity index (χ2v) is 5.18. The van der Waals surface area contributed by atoms with Crippen molar-refractivity contribution in [2.75, 3.05) is 7.11 Å². The molecule has 1 atom stereocenters. The van der Waals surface area contributed by atoms with Gasteiger partial charge in [0.05, 0.1) is 19.6 Å². The van der Waals surface area contributed by atoms with E-state index in [-0.39, 0.29) is 11.5 Å². The lowest BCUT2D eigenvalue weighted by Crippen LogP contribution is -2.15. The second-order valence-electron chi connectivity index (χ2n) is 5.18. The lowest BCUT2D eigenvalue weighted by Gasteiger charge is -2.22. The number of benzene rings is 1. The van der Waals surface area contributed by atoms with Gasteiger partial charge in [0.2, 0.25) is 0 Å². The molecule has 1 unspecified atom stereocenters. The van der Waals surface area contributed by atoms with Crippen LogP contribution < -0.4 is 10.5 Å². The first kappa shape index (κ1) is 13.5. The predicted molar refractivity (Wildman–Crippen MR) is 68.9 cm³/mol. The van der Waals surface area contributed by atoms with Gasteiger partial charge in [-0.15, -0.1) is 0 Å². The summed E-state index contributed by atoms with van der Waals surface area (Å²) < 4.78 is 5.29. The highest BCUT2D eigenvalue weighted by atomic mass is 16.5. The van der Waals surface area contributed by atoms with E-state index in [0.717, 1.165) is 11.3 Å². The summed E-state index contributed by atoms with van der Waals surface area (Å²) in [5.41, 5.74) is 8.15. The maximum Gasteiger partial charge on any atom is 0.123 e. The highest BCUT2D eigenvalue weighted by molar-refractivity contribution is 5.41. The van der Waals surface area contributed by atoms with Crippen molar-refractivity contribution in [3.05, 3.63) is 29.3 Å². The van der Waals surface area contributed by atoms with E-state index in [0.29, 0.717) is 6.42 Å². The molecule has 0 amide bonds. The summed E-state index contributed by atoms with van der Waals surface area (Å²) in [6.07, 6.45) is 0.296. The highest BCUT2D eigenvalue weighted by Crippen LogP contribution is 2.31. The summed E-state index contributed by atoms with van der Waals surface area (Å²) in [5.74, 6) is 0.751. The molecule has 3 nitrogen and oxygen atoms in total. The second kappa shape index (κ2) is 5.20. The fourth-order valence-electron chi connectivity index (χ4n) is 1.70. The lowest BCUT2D eigenvalue weighted by atomic mass is 9.85. The number of nitrogens with zero attached hydrogens (tertiary/aromatic N) is 1. The molecule has 0 heterocycles. The van der Waals surface area contributed by atoms with Crippen molar-refractivity contribution in [2.45, 2.75) is 38.6 Å². The zero-order chi connectivity index (χ0) is 13.1. The van der Waals surface area contributed by atoms with Gasteiger partial charge in [-0.25, -0.2) is 0 Å². The molecular formula is C14H20N2O. The minimum atomic E-state index is -0.294. The molecule has 2 N–H and O–H groups in total. The standard InChI is InChI=1S/C14H20N2O/c1-14(2,3)10-5-6-13(17-4)11(9-10)12(16)7-8-15/h5-6,9,12H,7,16H2,1-4H3. The van der Waals surface area contributed by atoms with Gasteiger partial charge < -0.3 is 10.5 Å². The molecule has 17 heavy (non-hydrogen) atoms. The van der Waals surface area contributed by atoms with Crippen molar-refractivity contribution in [3.63, 3.8) is 0 Å². The van der Waals surface area contributed by atoms with Crippen molar-refractivity contribution >= 4 is 0 Å². The molecule has 0 spiro atoms. The number of hydrogen-bond donors (Lipinski definition) is 1. The third-order valence-electron chi connectivity index (χ3n) is 2.81. The molecule has 0 fully saturated rings. The van der Waals surface area contributed by atoms with E-state index in [9.17, 15) is 0 Å². The Morgan fingerprint density at radius 1 is 1.41 bits per heavy atom. The van der Waals surface area contributed by atoms with E-state index >= 15 is 0 Å². The Kier molecular flexibility index (Phi) is 4.14. The van der Waals surface area contributed by atoms with Crippen LogP contribution in [0, 0.1) is 11.3 Å². The summed E-state index contributed by atoms with van der Waals surface area (Å²) in [6, 6.07) is 7.81. The SMILES string of the molecule is COc1ccc(C(C)(C)C)cc1C(N)CC#N. The van der Waals surface area contributed by atoms with Gasteiger partial charge in [-0.1, -0.05) is 26.8 Å². The van der Waals surface area contributed by atoms with Crippen LogP contribution in [0.5, 0.6) is 5.75 Å². The van der Waals surface area contributed by atoms with Gasteiger partial charge in [-0.3, -0.25) is 0 Å². The molecule has 0 aliphatic rings. The van der Waals surface area contributed by atoms with Gasteiger partial charge in [0, 0.05) is 11.6 Å². The summed E-state index contributed by atoms with van der Waals surface area (Å²) in [5, 5.41) is 8.72. The van der Waals surface area contributed by atoms with Gasteiger partial charge >= 0.3 is 0 Å². The van der Waals surface area contributed by atoms with Gasteiger partial charge in [0.15, 0.2) is 0 Å². The number of ether oxygens (including phenoxy) is 1. The van der Waals surface area contributed by atoms with Crippen LogP contribution in [0.15, 0.2) is 18.2 Å². The summed E-state index contributed by atoms with van der Waals surface area (Å²) in [4.78, 5) is 0. The van der Waals surface area contributed by atoms with Crippen LogP contribution in [0.4, 0.5) is 0 Å². The third kappa shape index (κ3) is 3.21. The minimum absolute atomic E-state index is 0.0629. The van der Waals surface area contributed by atoms with Crippen molar-refractivity contribution in [1.82, 2.24) is 0 Å². The normalized spacial score (nSPS) is 12.9. The molecule has 0 aliphatic heterocycles. The molecule has 0 radical (unpaired) electrons. The van der Waals surface area contributed by atoms with Crippen molar-refractivity contribution in [1.29, 1.82) is 5.26 Å². The Hall–Kier alpha value is -1.53. The topological polar surface area (TPSA) is 59.0 Å². The summed E-state index contributed by atoms with van der Waals surface area (Å²) >= 11 is 0. The molecule has 92 valence electrons. The average molecular weight is 232 g/mol. The Bertz CT molecular complexity index is 427. The van der Waals surface area contributed by atoms with E-state index in [1.807, 2.05) is 18.2 Å². The van der Waals surface area contributed by atoms with Crippen LogP contribution in [-0.4, -0.2) is 7.11 Å². The van der Waals surface area contributed by atoms with Crippen LogP contribution in [0.25, 0.3) is 0 Å². The smallest absolute Gasteiger partial charge is 0.123 e. The molecule has 0 aromatic heterocycles. The molecule has 0 bridgehead atoms. The summed E-state index contributed by atoms with van der Waals surface area (Å²) in [7, 11) is 1.62. The van der Waals surface area contributed by atoms with Gasteiger partial charge in [-0.05, 0) is 23.1 Å². The predicted octanol–water partition coefficient (Wildman–Crippen LogP) is 2.91. The van der Waals surface area contributed by atoms with Gasteiger partial charge in [0.1, 0.15) is 5.75 Å². The Morgan fingerprint density at radius 2 is 2.06 bits per heavy atom. The maximum atomic E-state index is 8.72. The fourth-order valence-corrected chi connectivity index (χ4v) is 1.70. The zero-order valence-electron chi connectivity index (χ0n) is 10.9. The maximum absolute atomic E-state index is 8.72. The summed E-state index contributed by atoms with van der Waals surface area (Å²) in [6.45, 7) is 6.44. The molecule has 1 aromatic carbocycles. The number of nitrogens with two attached hydrogens (primary N) is 1. The Labute approximate surface area is 103 Å². The van der Waals surface area contributed by atoms with Gasteiger partial charge in [0.25, 0.3) is 0 Å². The lowest BCUT2D eigenvalue weighted by molar-refractivity contribution is 0.405. The van der Waals surface area contributed by atoms with E-state index in [1.165, 1.54) is 5.56 Å². The third-order valence-corrected chi connectivity index (χ3v) is 2.81. The van der Waals surface area contributed by atoms with Crippen LogP contribution in [0.2, 0.25) is 0 Å². The zero-order valence-corrected chi connectivity index (χ0v) is 10.9. The fraction of sp³-hybridized carbons (Fsp3) is 0.500. The highest BCUT2D eigenvalue weighted by Gasteiger charge is 2.18. The molecule has 0 saturated heterocycles. The molecule has 3 heteroatoms. The van der Waals surface area contributed by atoms with Crippen molar-refractivity contribution < 1.29 is 4.74 Å². The van der Waals surface area contributed by atoms with Crippen LogP contribution in [0.3, 0.4) is 0 Å².